The molecular formula is C8H11BrN2. The van der Waals surface area contributed by atoms with Crippen molar-refractivity contribution in [2.75, 3.05) is 5.32 Å². The van der Waals surface area contributed by atoms with Crippen molar-refractivity contribution in [3.8, 4) is 0 Å². The molecule has 0 fully saturated rings. The standard InChI is InChI=1S/C8H11BrN2/c1-6(2)11-8-5-7(9)3-4-10-8/h3-6H,1-2H3,(H,10,11)/i1D3,2D3,6D. The van der Waals surface area contributed by atoms with Gasteiger partial charge in [-0.15, -0.1) is 0 Å². The van der Waals surface area contributed by atoms with Crippen LogP contribution in [-0.2, 0) is 0 Å². The summed E-state index contributed by atoms with van der Waals surface area (Å²) in [6, 6.07) is 0.191. The molecule has 0 spiro atoms. The van der Waals surface area contributed by atoms with Crippen LogP contribution in [0.15, 0.2) is 22.8 Å². The van der Waals surface area contributed by atoms with E-state index in [9.17, 15) is 0 Å². The van der Waals surface area contributed by atoms with Gasteiger partial charge in [0.05, 0.1) is 1.37 Å². The van der Waals surface area contributed by atoms with Crippen molar-refractivity contribution in [2.24, 2.45) is 0 Å². The number of rotatable bonds is 2. The Kier molecular flexibility index (Phi) is 1.03. The van der Waals surface area contributed by atoms with Crippen LogP contribution in [0.3, 0.4) is 0 Å². The fraction of sp³-hybridized carbons (Fsp3) is 0.375. The predicted octanol–water partition coefficient (Wildman–Crippen LogP) is 2.66. The van der Waals surface area contributed by atoms with Crippen LogP contribution in [-0.4, -0.2) is 11.0 Å². The van der Waals surface area contributed by atoms with E-state index < -0.39 is 19.7 Å². The first-order chi connectivity index (χ1) is 7.97. The lowest BCUT2D eigenvalue weighted by atomic mass is 10.4. The molecule has 0 saturated heterocycles. The zero-order chi connectivity index (χ0) is 14.2. The number of aromatic nitrogens is 1. The van der Waals surface area contributed by atoms with Crippen molar-refractivity contribution in [3.63, 3.8) is 0 Å². The van der Waals surface area contributed by atoms with E-state index in [4.69, 9.17) is 9.60 Å². The number of nitrogens with one attached hydrogen (secondary N) is 1. The van der Waals surface area contributed by atoms with Crippen LogP contribution >= 0.6 is 15.9 Å². The van der Waals surface area contributed by atoms with Crippen molar-refractivity contribution in [1.29, 1.82) is 0 Å². The van der Waals surface area contributed by atoms with Crippen LogP contribution < -0.4 is 5.32 Å². The second-order valence-corrected chi connectivity index (χ2v) is 2.77. The average molecular weight is 222 g/mol. The summed E-state index contributed by atoms with van der Waals surface area (Å²) in [7, 11) is 0. The Balaban J connectivity index is 3.16. The second kappa shape index (κ2) is 3.72. The zero-order valence-corrected chi connectivity index (χ0v) is 7.14. The third kappa shape index (κ3) is 2.89. The topological polar surface area (TPSA) is 24.9 Å². The summed E-state index contributed by atoms with van der Waals surface area (Å²) < 4.78 is 51.7. The highest BCUT2D eigenvalue weighted by Gasteiger charge is 1.95. The molecule has 1 rings (SSSR count). The van der Waals surface area contributed by atoms with Crippen molar-refractivity contribution in [3.05, 3.63) is 22.8 Å². The maximum Gasteiger partial charge on any atom is 0.127 e. The van der Waals surface area contributed by atoms with E-state index in [2.05, 4.69) is 26.2 Å². The van der Waals surface area contributed by atoms with E-state index in [-0.39, 0.29) is 5.82 Å². The Morgan fingerprint density at radius 1 is 1.82 bits per heavy atom. The van der Waals surface area contributed by atoms with E-state index in [1.54, 1.807) is 6.07 Å². The van der Waals surface area contributed by atoms with Gasteiger partial charge in [0.2, 0.25) is 0 Å². The molecule has 1 aromatic rings. The predicted molar refractivity (Wildman–Crippen MR) is 50.7 cm³/mol. The molecule has 0 aromatic carbocycles. The number of halogens is 1. The van der Waals surface area contributed by atoms with Crippen LogP contribution in [0.1, 0.15) is 23.3 Å². The fourth-order valence-corrected chi connectivity index (χ4v) is 0.936. The van der Waals surface area contributed by atoms with Gasteiger partial charge in [-0.2, -0.15) is 0 Å². The lowest BCUT2D eigenvalue weighted by Gasteiger charge is -2.07. The molecule has 0 aliphatic carbocycles. The van der Waals surface area contributed by atoms with Gasteiger partial charge in [0.1, 0.15) is 5.82 Å². The molecule has 2 nitrogen and oxygen atoms in total. The highest BCUT2D eigenvalue weighted by Crippen LogP contribution is 2.12. The monoisotopic (exact) mass is 221 g/mol. The first-order valence-electron chi connectivity index (χ1n) is 6.37. The molecule has 1 heterocycles. The molecule has 60 valence electrons. The summed E-state index contributed by atoms with van der Waals surface area (Å²) in [4.78, 5) is 3.79. The molecule has 1 N–H and O–H groups in total. The molecule has 0 aliphatic rings. The summed E-state index contributed by atoms with van der Waals surface area (Å²) in [5, 5.41) is 2.18. The lowest BCUT2D eigenvalue weighted by molar-refractivity contribution is 0.889. The minimum atomic E-state index is -3.03. The van der Waals surface area contributed by atoms with E-state index in [0.29, 0.717) is 4.47 Å². The van der Waals surface area contributed by atoms with Gasteiger partial charge in [-0.05, 0) is 25.8 Å². The van der Waals surface area contributed by atoms with Crippen LogP contribution in [0, 0.1) is 0 Å². The molecule has 0 bridgehead atoms. The molecule has 0 aliphatic heterocycles. The van der Waals surface area contributed by atoms with Crippen molar-refractivity contribution in [1.82, 2.24) is 4.98 Å². The Hall–Kier alpha value is -0.570. The first-order valence-corrected chi connectivity index (χ1v) is 3.66. The maximum absolute atomic E-state index is 7.74. The fourth-order valence-electron chi connectivity index (χ4n) is 0.601. The number of anilines is 1. The smallest absolute Gasteiger partial charge is 0.127 e. The Bertz CT molecular complexity index is 414. The van der Waals surface area contributed by atoms with Crippen molar-refractivity contribution in [2.45, 2.75) is 19.7 Å². The first kappa shape index (κ1) is 3.05. The summed E-state index contributed by atoms with van der Waals surface area (Å²) >= 11 is 3.15. The van der Waals surface area contributed by atoms with Gasteiger partial charge in [0, 0.05) is 24.9 Å². The summed E-state index contributed by atoms with van der Waals surface area (Å²) in [5.74, 6) is 0.00613. The van der Waals surface area contributed by atoms with E-state index >= 15 is 0 Å². The number of nitrogens with zero attached hydrogens (tertiary/aromatic N) is 1. The van der Waals surface area contributed by atoms with Crippen molar-refractivity contribution < 1.29 is 9.60 Å². The van der Waals surface area contributed by atoms with Gasteiger partial charge in [0.15, 0.2) is 0 Å². The highest BCUT2D eigenvalue weighted by molar-refractivity contribution is 9.10. The molecular weight excluding hydrogens is 204 g/mol. The number of hydrogen-bond donors (Lipinski definition) is 1. The van der Waals surface area contributed by atoms with E-state index in [0.717, 1.165) is 0 Å². The molecule has 0 amide bonds. The Morgan fingerprint density at radius 2 is 2.64 bits per heavy atom. The van der Waals surface area contributed by atoms with Crippen LogP contribution in [0.5, 0.6) is 0 Å². The van der Waals surface area contributed by atoms with Crippen LogP contribution in [0.4, 0.5) is 5.82 Å². The Morgan fingerprint density at radius 3 is 3.27 bits per heavy atom. The molecule has 0 atom stereocenters. The quantitative estimate of drug-likeness (QED) is 0.832. The third-order valence-corrected chi connectivity index (χ3v) is 1.47. The van der Waals surface area contributed by atoms with E-state index in [1.807, 2.05) is 0 Å². The van der Waals surface area contributed by atoms with Gasteiger partial charge >= 0.3 is 0 Å². The van der Waals surface area contributed by atoms with Gasteiger partial charge in [-0.1, -0.05) is 15.9 Å². The van der Waals surface area contributed by atoms with Crippen LogP contribution in [0.25, 0.3) is 0 Å². The summed E-state index contributed by atoms with van der Waals surface area (Å²) in [6.07, 6.45) is 1.37. The molecule has 0 saturated carbocycles. The third-order valence-electron chi connectivity index (χ3n) is 0.975. The molecule has 0 radical (unpaired) electrons. The largest absolute Gasteiger partial charge is 0.368 e. The van der Waals surface area contributed by atoms with Gasteiger partial charge in [0.25, 0.3) is 0 Å². The highest BCUT2D eigenvalue weighted by atomic mass is 79.9. The molecule has 1 aromatic heterocycles. The number of pyridine rings is 1. The molecule has 3 heteroatoms. The van der Waals surface area contributed by atoms with Crippen molar-refractivity contribution >= 4 is 21.7 Å². The van der Waals surface area contributed by atoms with Gasteiger partial charge in [-0.25, -0.2) is 4.98 Å². The van der Waals surface area contributed by atoms with Gasteiger partial charge < -0.3 is 5.32 Å². The zero-order valence-electron chi connectivity index (χ0n) is 12.6. The second-order valence-electron chi connectivity index (χ2n) is 1.86. The SMILES string of the molecule is [2H]C([2H])([2H])C([2H])(Nc1cc(Br)ccn1)C([2H])([2H])[2H]. The normalized spacial score (nSPS) is 22.8. The molecule has 11 heavy (non-hydrogen) atoms. The minimum Gasteiger partial charge on any atom is -0.368 e. The minimum absolute atomic E-state index is 0.00613. The van der Waals surface area contributed by atoms with E-state index in [1.165, 1.54) is 12.3 Å². The summed E-state index contributed by atoms with van der Waals surface area (Å²) in [6.45, 7) is -6.05. The maximum atomic E-state index is 7.74. The molecule has 0 unspecified atom stereocenters. The number of hydrogen-bond acceptors (Lipinski definition) is 2. The Labute approximate surface area is 85.0 Å². The lowest BCUT2D eigenvalue weighted by Crippen LogP contribution is -2.10. The van der Waals surface area contributed by atoms with Crippen LogP contribution in [0.2, 0.25) is 0 Å². The summed E-state index contributed by atoms with van der Waals surface area (Å²) in [5.41, 5.74) is 0. The van der Waals surface area contributed by atoms with Gasteiger partial charge in [-0.3, -0.25) is 0 Å². The average Bonchev–Trinajstić information content (AvgIpc) is 2.13.